The number of hydrogen-bond donors (Lipinski definition) is 1. The Balaban J connectivity index is 1.74. The molecule has 4 rings (SSSR count). The van der Waals surface area contributed by atoms with Crippen molar-refractivity contribution in [1.29, 1.82) is 0 Å². The number of rotatable bonds is 1. The summed E-state index contributed by atoms with van der Waals surface area (Å²) in [4.78, 5) is 2.57. The SMILES string of the molecule is c1coc(-c2ccc3c(c2)N2CCNCCC2C3)c1. The van der Waals surface area contributed by atoms with Crippen LogP contribution in [0.15, 0.2) is 41.0 Å². The molecule has 2 aliphatic rings. The van der Waals surface area contributed by atoms with Crippen LogP contribution in [0.1, 0.15) is 12.0 Å². The molecular formula is C16H18N2O. The standard InChI is InChI=1S/C16H18N2O/c1-2-16(19-9-1)13-4-3-12-10-14-5-6-17-7-8-18(14)15(12)11-13/h1-4,9,11,14,17H,5-8,10H2. The van der Waals surface area contributed by atoms with Crippen LogP contribution in [0.25, 0.3) is 11.3 Å². The Bertz CT molecular complexity index is 576. The second-order valence-corrected chi connectivity index (χ2v) is 5.41. The van der Waals surface area contributed by atoms with E-state index in [4.69, 9.17) is 4.42 Å². The first-order chi connectivity index (χ1) is 9.42. The smallest absolute Gasteiger partial charge is 0.133 e. The highest BCUT2D eigenvalue weighted by Crippen LogP contribution is 2.37. The lowest BCUT2D eigenvalue weighted by Gasteiger charge is -2.24. The molecule has 98 valence electrons. The van der Waals surface area contributed by atoms with E-state index in [-0.39, 0.29) is 0 Å². The number of hydrogen-bond acceptors (Lipinski definition) is 3. The first-order valence-corrected chi connectivity index (χ1v) is 7.06. The number of benzene rings is 1. The van der Waals surface area contributed by atoms with Gasteiger partial charge in [-0.2, -0.15) is 0 Å². The topological polar surface area (TPSA) is 28.4 Å². The Hall–Kier alpha value is -1.74. The van der Waals surface area contributed by atoms with Gasteiger partial charge in [-0.05, 0) is 43.1 Å². The molecule has 1 aromatic carbocycles. The van der Waals surface area contributed by atoms with Gasteiger partial charge in [-0.15, -0.1) is 0 Å². The minimum absolute atomic E-state index is 0.678. The monoisotopic (exact) mass is 254 g/mol. The Kier molecular flexibility index (Phi) is 2.59. The summed E-state index contributed by atoms with van der Waals surface area (Å²) in [6.45, 7) is 3.33. The van der Waals surface area contributed by atoms with Gasteiger partial charge in [-0.25, -0.2) is 0 Å². The number of furan rings is 1. The zero-order chi connectivity index (χ0) is 12.7. The molecule has 0 radical (unpaired) electrons. The van der Waals surface area contributed by atoms with E-state index in [1.807, 2.05) is 12.1 Å². The molecule has 1 saturated heterocycles. The van der Waals surface area contributed by atoms with E-state index in [1.54, 1.807) is 6.26 Å². The van der Waals surface area contributed by atoms with Crippen molar-refractivity contribution in [3.05, 3.63) is 42.2 Å². The molecule has 0 saturated carbocycles. The van der Waals surface area contributed by atoms with Crippen LogP contribution in [0.5, 0.6) is 0 Å². The molecule has 2 aliphatic heterocycles. The van der Waals surface area contributed by atoms with Crippen molar-refractivity contribution >= 4 is 5.69 Å². The third-order valence-electron chi connectivity index (χ3n) is 4.28. The van der Waals surface area contributed by atoms with Crippen LogP contribution in [0.3, 0.4) is 0 Å². The summed E-state index contributed by atoms with van der Waals surface area (Å²) in [5.74, 6) is 0.958. The maximum atomic E-state index is 5.51. The van der Waals surface area contributed by atoms with E-state index in [0.717, 1.165) is 25.4 Å². The zero-order valence-electron chi connectivity index (χ0n) is 10.9. The van der Waals surface area contributed by atoms with Gasteiger partial charge < -0.3 is 14.6 Å². The molecule has 19 heavy (non-hydrogen) atoms. The molecule has 1 fully saturated rings. The van der Waals surface area contributed by atoms with Crippen LogP contribution < -0.4 is 10.2 Å². The van der Waals surface area contributed by atoms with Crippen molar-refractivity contribution in [3.63, 3.8) is 0 Å². The molecule has 1 N–H and O–H groups in total. The summed E-state index contributed by atoms with van der Waals surface area (Å²) in [6, 6.07) is 11.4. The van der Waals surface area contributed by atoms with Crippen molar-refractivity contribution < 1.29 is 4.42 Å². The van der Waals surface area contributed by atoms with Crippen molar-refractivity contribution in [1.82, 2.24) is 5.32 Å². The largest absolute Gasteiger partial charge is 0.464 e. The lowest BCUT2D eigenvalue weighted by atomic mass is 10.1. The highest BCUT2D eigenvalue weighted by molar-refractivity contribution is 5.70. The highest BCUT2D eigenvalue weighted by atomic mass is 16.3. The fourth-order valence-electron chi connectivity index (χ4n) is 3.31. The first kappa shape index (κ1) is 11.1. The van der Waals surface area contributed by atoms with Gasteiger partial charge in [0.1, 0.15) is 5.76 Å². The van der Waals surface area contributed by atoms with Crippen LogP contribution in [0.4, 0.5) is 5.69 Å². The molecule has 3 heteroatoms. The molecule has 0 bridgehead atoms. The van der Waals surface area contributed by atoms with Gasteiger partial charge in [0.2, 0.25) is 0 Å². The average molecular weight is 254 g/mol. The molecular weight excluding hydrogens is 236 g/mol. The average Bonchev–Trinajstić information content (AvgIpc) is 3.01. The van der Waals surface area contributed by atoms with Gasteiger partial charge in [-0.1, -0.05) is 12.1 Å². The van der Waals surface area contributed by atoms with Gasteiger partial charge >= 0.3 is 0 Å². The van der Waals surface area contributed by atoms with Crippen LogP contribution in [-0.4, -0.2) is 25.7 Å². The molecule has 1 atom stereocenters. The van der Waals surface area contributed by atoms with Crippen molar-refractivity contribution in [2.75, 3.05) is 24.5 Å². The Labute approximate surface area is 113 Å². The van der Waals surface area contributed by atoms with E-state index in [1.165, 1.54) is 29.7 Å². The maximum absolute atomic E-state index is 5.51. The summed E-state index contributed by atoms with van der Waals surface area (Å²) >= 11 is 0. The van der Waals surface area contributed by atoms with Crippen molar-refractivity contribution in [2.45, 2.75) is 18.9 Å². The number of fused-ring (bicyclic) bond motifs is 3. The van der Waals surface area contributed by atoms with Gasteiger partial charge in [0, 0.05) is 30.4 Å². The minimum atomic E-state index is 0.678. The molecule has 3 nitrogen and oxygen atoms in total. The van der Waals surface area contributed by atoms with Gasteiger partial charge in [-0.3, -0.25) is 0 Å². The predicted octanol–water partition coefficient (Wildman–Crippen LogP) is 2.67. The van der Waals surface area contributed by atoms with Crippen molar-refractivity contribution in [2.24, 2.45) is 0 Å². The number of nitrogens with zero attached hydrogens (tertiary/aromatic N) is 1. The second kappa shape index (κ2) is 4.42. The first-order valence-electron chi connectivity index (χ1n) is 7.06. The van der Waals surface area contributed by atoms with Crippen LogP contribution in [0, 0.1) is 0 Å². The van der Waals surface area contributed by atoms with Crippen LogP contribution in [0.2, 0.25) is 0 Å². The minimum Gasteiger partial charge on any atom is -0.464 e. The molecule has 3 heterocycles. The Morgan fingerprint density at radius 2 is 2.21 bits per heavy atom. The summed E-state index contributed by atoms with van der Waals surface area (Å²) < 4.78 is 5.51. The fourth-order valence-corrected chi connectivity index (χ4v) is 3.31. The van der Waals surface area contributed by atoms with Crippen molar-refractivity contribution in [3.8, 4) is 11.3 Å². The fraction of sp³-hybridized carbons (Fsp3) is 0.375. The third-order valence-corrected chi connectivity index (χ3v) is 4.28. The summed E-state index contributed by atoms with van der Waals surface area (Å²) in [5.41, 5.74) is 4.08. The van der Waals surface area contributed by atoms with E-state index in [2.05, 4.69) is 28.4 Å². The summed E-state index contributed by atoms with van der Waals surface area (Å²) in [7, 11) is 0. The predicted molar refractivity (Wildman–Crippen MR) is 76.5 cm³/mol. The molecule has 1 unspecified atom stereocenters. The van der Waals surface area contributed by atoms with E-state index in [0.29, 0.717) is 6.04 Å². The van der Waals surface area contributed by atoms with Gasteiger partial charge in [0.25, 0.3) is 0 Å². The van der Waals surface area contributed by atoms with E-state index < -0.39 is 0 Å². The van der Waals surface area contributed by atoms with Gasteiger partial charge in [0.15, 0.2) is 0 Å². The lowest BCUT2D eigenvalue weighted by Crippen LogP contribution is -2.32. The molecule has 1 aromatic heterocycles. The quantitative estimate of drug-likeness (QED) is 0.848. The summed E-state index contributed by atoms with van der Waals surface area (Å²) in [5, 5.41) is 3.49. The lowest BCUT2D eigenvalue weighted by molar-refractivity contribution is 0.582. The Morgan fingerprint density at radius 1 is 1.21 bits per heavy atom. The normalized spacial score (nSPS) is 21.9. The molecule has 0 spiro atoms. The van der Waals surface area contributed by atoms with Crippen LogP contribution in [-0.2, 0) is 6.42 Å². The zero-order valence-corrected chi connectivity index (χ0v) is 10.9. The van der Waals surface area contributed by atoms with E-state index in [9.17, 15) is 0 Å². The molecule has 2 aromatic rings. The second-order valence-electron chi connectivity index (χ2n) is 5.41. The molecule has 0 aliphatic carbocycles. The number of nitrogens with one attached hydrogen (secondary N) is 1. The van der Waals surface area contributed by atoms with Crippen LogP contribution >= 0.6 is 0 Å². The highest BCUT2D eigenvalue weighted by Gasteiger charge is 2.30. The third kappa shape index (κ3) is 1.85. The molecule has 0 amide bonds. The Morgan fingerprint density at radius 3 is 3.11 bits per heavy atom. The van der Waals surface area contributed by atoms with E-state index >= 15 is 0 Å². The maximum Gasteiger partial charge on any atom is 0.133 e. The number of anilines is 1. The summed E-state index contributed by atoms with van der Waals surface area (Å²) in [6.07, 6.45) is 4.17. The van der Waals surface area contributed by atoms with Gasteiger partial charge in [0.05, 0.1) is 6.26 Å².